The van der Waals surface area contributed by atoms with Crippen molar-refractivity contribution in [3.63, 3.8) is 0 Å². The number of nitrogens with zero attached hydrogens (tertiary/aromatic N) is 1. The second kappa shape index (κ2) is 10.6. The molecule has 3 aromatic heterocycles. The molecule has 0 bridgehead atoms. The van der Waals surface area contributed by atoms with Crippen LogP contribution in [-0.4, -0.2) is 0 Å². The molecule has 0 aliphatic rings. The van der Waals surface area contributed by atoms with E-state index in [1.807, 2.05) is 23.5 Å². The van der Waals surface area contributed by atoms with Gasteiger partial charge >= 0.3 is 0 Å². The number of furan rings is 2. The third kappa shape index (κ3) is 4.03. The summed E-state index contributed by atoms with van der Waals surface area (Å²) < 4.78 is 15.6. The van der Waals surface area contributed by atoms with Crippen LogP contribution in [0.15, 0.2) is 173 Å². The fourth-order valence-electron chi connectivity index (χ4n) is 7.79. The van der Waals surface area contributed by atoms with E-state index in [1.54, 1.807) is 0 Å². The van der Waals surface area contributed by atoms with Crippen molar-refractivity contribution in [1.82, 2.24) is 0 Å². The van der Waals surface area contributed by atoms with Gasteiger partial charge in [0.05, 0.1) is 5.69 Å². The number of rotatable bonds is 4. The van der Waals surface area contributed by atoms with Crippen LogP contribution in [0.3, 0.4) is 0 Å². The van der Waals surface area contributed by atoms with Gasteiger partial charge in [-0.2, -0.15) is 0 Å². The standard InChI is InChI=1S/C46H27NO2S/c1-2-9-28(10-3-1)29-17-20-31(21-18-29)47(32-22-24-35-34-13-6-7-15-38(34)48-40(35)27-32)37-14-8-16-41-44(37)45-42(50-41)26-25-39-43(45)36-23-19-30-11-4-5-12-33(30)46(36)49-39/h1-27H. The lowest BCUT2D eigenvalue weighted by atomic mass is 10.0. The number of para-hydroxylation sites is 1. The third-order valence-corrected chi connectivity index (χ3v) is 11.2. The van der Waals surface area contributed by atoms with E-state index in [0.29, 0.717) is 0 Å². The molecular formula is C46H27NO2S. The minimum atomic E-state index is 0.868. The van der Waals surface area contributed by atoms with Crippen LogP contribution in [0.1, 0.15) is 0 Å². The van der Waals surface area contributed by atoms with Crippen molar-refractivity contribution >= 4 is 103 Å². The lowest BCUT2D eigenvalue weighted by Crippen LogP contribution is -2.10. The van der Waals surface area contributed by atoms with Gasteiger partial charge in [-0.15, -0.1) is 11.3 Å². The Balaban J connectivity index is 1.21. The first-order valence-corrected chi connectivity index (χ1v) is 17.7. The predicted molar refractivity (Wildman–Crippen MR) is 212 cm³/mol. The Bertz CT molecular complexity index is 3090. The molecular weight excluding hydrogens is 631 g/mol. The Morgan fingerprint density at radius 1 is 0.400 bits per heavy atom. The number of thiophene rings is 1. The van der Waals surface area contributed by atoms with Crippen molar-refractivity contribution in [2.75, 3.05) is 4.90 Å². The number of fused-ring (bicyclic) bond motifs is 12. The topological polar surface area (TPSA) is 29.5 Å². The summed E-state index contributed by atoms with van der Waals surface area (Å²) in [5.41, 5.74) is 9.19. The molecule has 0 spiro atoms. The molecule has 0 N–H and O–H groups in total. The summed E-state index contributed by atoms with van der Waals surface area (Å²) in [6.07, 6.45) is 0. The van der Waals surface area contributed by atoms with Crippen molar-refractivity contribution < 1.29 is 8.83 Å². The van der Waals surface area contributed by atoms with Crippen molar-refractivity contribution in [3.8, 4) is 11.1 Å². The number of hydrogen-bond donors (Lipinski definition) is 0. The number of anilines is 3. The molecule has 0 saturated heterocycles. The van der Waals surface area contributed by atoms with Crippen molar-refractivity contribution in [2.24, 2.45) is 0 Å². The molecule has 0 radical (unpaired) electrons. The minimum absolute atomic E-state index is 0.868. The van der Waals surface area contributed by atoms with E-state index in [2.05, 4.69) is 157 Å². The zero-order valence-corrected chi connectivity index (χ0v) is 27.6. The third-order valence-electron chi connectivity index (χ3n) is 10.1. The van der Waals surface area contributed by atoms with Crippen LogP contribution in [0.25, 0.3) is 85.9 Å². The second-order valence-corrected chi connectivity index (χ2v) is 13.9. The van der Waals surface area contributed by atoms with Crippen LogP contribution in [0.4, 0.5) is 17.1 Å². The molecule has 4 heteroatoms. The molecule has 0 fully saturated rings. The van der Waals surface area contributed by atoms with Crippen molar-refractivity contribution in [3.05, 3.63) is 164 Å². The summed E-state index contributed by atoms with van der Waals surface area (Å²) in [4.78, 5) is 2.38. The van der Waals surface area contributed by atoms with Crippen LogP contribution in [0, 0.1) is 0 Å². The zero-order chi connectivity index (χ0) is 32.8. The van der Waals surface area contributed by atoms with Crippen LogP contribution in [-0.2, 0) is 0 Å². The summed E-state index contributed by atoms with van der Waals surface area (Å²) in [5, 5.41) is 9.29. The molecule has 50 heavy (non-hydrogen) atoms. The van der Waals surface area contributed by atoms with Gasteiger partial charge in [0.15, 0.2) is 0 Å². The molecule has 0 aliphatic heterocycles. The molecule has 0 atom stereocenters. The van der Waals surface area contributed by atoms with E-state index in [0.717, 1.165) is 66.3 Å². The molecule has 0 aliphatic carbocycles. The second-order valence-electron chi connectivity index (χ2n) is 12.9. The molecule has 11 aromatic rings. The average Bonchev–Trinajstić information content (AvgIpc) is 3.87. The zero-order valence-electron chi connectivity index (χ0n) is 26.8. The Kier molecular flexibility index (Phi) is 5.83. The number of hydrogen-bond acceptors (Lipinski definition) is 4. The SMILES string of the molecule is c1ccc(-c2ccc(N(c3ccc4c(c3)oc3ccccc34)c3cccc4sc5ccc6oc7c8ccccc8ccc7c6c5c34)cc2)cc1. The average molecular weight is 658 g/mol. The molecule has 8 aromatic carbocycles. The van der Waals surface area contributed by atoms with Gasteiger partial charge in [-0.3, -0.25) is 0 Å². The maximum absolute atomic E-state index is 6.67. The van der Waals surface area contributed by atoms with Gasteiger partial charge in [-0.05, 0) is 77.2 Å². The summed E-state index contributed by atoms with van der Waals surface area (Å²) in [6.45, 7) is 0. The molecule has 0 amide bonds. The van der Waals surface area contributed by atoms with Crippen LogP contribution < -0.4 is 4.90 Å². The number of benzene rings is 8. The molecule has 234 valence electrons. The largest absolute Gasteiger partial charge is 0.456 e. The van der Waals surface area contributed by atoms with E-state index in [-0.39, 0.29) is 0 Å². The van der Waals surface area contributed by atoms with Gasteiger partial charge in [-0.1, -0.05) is 97.1 Å². The van der Waals surface area contributed by atoms with Gasteiger partial charge in [0.2, 0.25) is 0 Å². The lowest BCUT2D eigenvalue weighted by Gasteiger charge is -2.26. The summed E-state index contributed by atoms with van der Waals surface area (Å²) >= 11 is 1.83. The first-order valence-electron chi connectivity index (χ1n) is 16.8. The van der Waals surface area contributed by atoms with E-state index >= 15 is 0 Å². The van der Waals surface area contributed by atoms with Crippen LogP contribution >= 0.6 is 11.3 Å². The summed E-state index contributed by atoms with van der Waals surface area (Å²) in [6, 6.07) is 58.2. The first-order chi connectivity index (χ1) is 24.8. The maximum atomic E-state index is 6.67. The van der Waals surface area contributed by atoms with Gasteiger partial charge in [0.25, 0.3) is 0 Å². The molecule has 3 nitrogen and oxygen atoms in total. The fraction of sp³-hybridized carbons (Fsp3) is 0. The van der Waals surface area contributed by atoms with E-state index < -0.39 is 0 Å². The van der Waals surface area contributed by atoms with Crippen LogP contribution in [0.2, 0.25) is 0 Å². The monoisotopic (exact) mass is 657 g/mol. The maximum Gasteiger partial charge on any atom is 0.143 e. The summed E-state index contributed by atoms with van der Waals surface area (Å²) in [5.74, 6) is 0. The Morgan fingerprint density at radius 2 is 1.12 bits per heavy atom. The quantitative estimate of drug-likeness (QED) is 0.189. The first kappa shape index (κ1) is 27.6. The Hall–Kier alpha value is -6.36. The highest BCUT2D eigenvalue weighted by molar-refractivity contribution is 7.26. The molecule has 11 rings (SSSR count). The molecule has 0 saturated carbocycles. The predicted octanol–water partition coefficient (Wildman–Crippen LogP) is 14.1. The Morgan fingerprint density at radius 3 is 2.02 bits per heavy atom. The van der Waals surface area contributed by atoms with E-state index in [1.165, 1.54) is 36.7 Å². The van der Waals surface area contributed by atoms with Gasteiger partial charge in [0.1, 0.15) is 22.3 Å². The minimum Gasteiger partial charge on any atom is -0.456 e. The highest BCUT2D eigenvalue weighted by Crippen LogP contribution is 2.49. The van der Waals surface area contributed by atoms with E-state index in [9.17, 15) is 0 Å². The van der Waals surface area contributed by atoms with Crippen molar-refractivity contribution in [1.29, 1.82) is 0 Å². The lowest BCUT2D eigenvalue weighted by molar-refractivity contribution is 0.669. The van der Waals surface area contributed by atoms with E-state index in [4.69, 9.17) is 8.83 Å². The fourth-order valence-corrected chi connectivity index (χ4v) is 8.92. The van der Waals surface area contributed by atoms with Gasteiger partial charge in [-0.25, -0.2) is 0 Å². The van der Waals surface area contributed by atoms with Gasteiger partial charge in [0, 0.05) is 64.5 Å². The molecule has 0 unspecified atom stereocenters. The van der Waals surface area contributed by atoms with Crippen LogP contribution in [0.5, 0.6) is 0 Å². The Labute approximate surface area is 290 Å². The summed E-state index contributed by atoms with van der Waals surface area (Å²) in [7, 11) is 0. The molecule has 3 heterocycles. The highest BCUT2D eigenvalue weighted by Gasteiger charge is 2.23. The smallest absolute Gasteiger partial charge is 0.143 e. The normalized spacial score (nSPS) is 12.0. The highest BCUT2D eigenvalue weighted by atomic mass is 32.1. The van der Waals surface area contributed by atoms with Crippen molar-refractivity contribution in [2.45, 2.75) is 0 Å². The van der Waals surface area contributed by atoms with Gasteiger partial charge < -0.3 is 13.7 Å².